The van der Waals surface area contributed by atoms with Crippen molar-refractivity contribution in [2.24, 2.45) is 5.92 Å². The number of nitrogens with zero attached hydrogens (tertiary/aromatic N) is 2. The van der Waals surface area contributed by atoms with Crippen LogP contribution in [0, 0.1) is 11.1 Å². The van der Waals surface area contributed by atoms with E-state index in [1.165, 1.54) is 33.3 Å². The normalized spacial score (nSPS) is 29.0. The van der Waals surface area contributed by atoms with Gasteiger partial charge >= 0.3 is 5.69 Å². The smallest absolute Gasteiger partial charge is 0.328 e. The average molecular weight is 380 g/mol. The Bertz CT molecular complexity index is 1160. The fraction of sp³-hybridized carbons (Fsp3) is 0.429. The van der Waals surface area contributed by atoms with Gasteiger partial charge in [-0.2, -0.15) is 0 Å². The first-order chi connectivity index (χ1) is 13.4. The van der Waals surface area contributed by atoms with Gasteiger partial charge in [-0.25, -0.2) is 4.79 Å². The van der Waals surface area contributed by atoms with E-state index in [2.05, 4.69) is 34.4 Å². The predicted octanol–water partition coefficient (Wildman–Crippen LogP) is 2.08. The molecule has 2 aliphatic rings. The maximum atomic E-state index is 13.5. The van der Waals surface area contributed by atoms with Gasteiger partial charge in [-0.1, -0.05) is 12.1 Å². The van der Waals surface area contributed by atoms with Gasteiger partial charge in [-0.05, 0) is 30.0 Å². The topological polar surface area (TPSA) is 93.7 Å². The van der Waals surface area contributed by atoms with Gasteiger partial charge in [-0.15, -0.1) is 0 Å². The lowest BCUT2D eigenvalue weighted by Gasteiger charge is -2.55. The summed E-state index contributed by atoms with van der Waals surface area (Å²) in [4.78, 5) is 28.8. The summed E-state index contributed by atoms with van der Waals surface area (Å²) in [5.41, 5.74) is 2.91. The van der Waals surface area contributed by atoms with Crippen molar-refractivity contribution in [2.75, 3.05) is 13.6 Å². The molecule has 5 rings (SSSR count). The average Bonchev–Trinajstić information content (AvgIpc) is 3.06. The molecule has 3 heterocycles. The monoisotopic (exact) mass is 380 g/mol. The molecule has 0 saturated carbocycles. The van der Waals surface area contributed by atoms with Crippen LogP contribution in [0.1, 0.15) is 29.9 Å². The Morgan fingerprint density at radius 1 is 1.29 bits per heavy atom. The summed E-state index contributed by atoms with van der Waals surface area (Å²) in [7, 11) is 1.80. The summed E-state index contributed by atoms with van der Waals surface area (Å²) in [5, 5.41) is 14.8. The number of hydrogen-bond acceptors (Lipinski definition) is 3. The Morgan fingerprint density at radius 3 is 2.96 bits per heavy atom. The molecule has 3 aromatic rings. The molecule has 2 aromatic heterocycles. The Labute approximate surface area is 161 Å². The Balaban J connectivity index is 1.43. The number of likely N-dealkylation sites (N-methyl/N-ethyl adjacent to an activating group) is 1. The lowest BCUT2D eigenvalue weighted by Crippen LogP contribution is -2.58. The van der Waals surface area contributed by atoms with Crippen LogP contribution in [0.25, 0.3) is 10.9 Å². The molecule has 4 atom stereocenters. The Hall–Kier alpha value is -2.64. The number of hydrogen-bond donors (Lipinski definition) is 2. The second-order valence-corrected chi connectivity index (χ2v) is 8.51. The molecule has 0 bridgehead atoms. The van der Waals surface area contributed by atoms with Crippen molar-refractivity contribution in [2.45, 2.75) is 37.8 Å². The van der Waals surface area contributed by atoms with Crippen LogP contribution >= 0.6 is 0 Å². The van der Waals surface area contributed by atoms with Crippen LogP contribution in [0.5, 0.6) is 0 Å². The number of quaternary nitrogens is 1. The molecule has 0 amide bonds. The number of aromatic nitrogens is 3. The largest absolute Gasteiger partial charge is 0.633 e. The van der Waals surface area contributed by atoms with E-state index < -0.39 is 0 Å². The van der Waals surface area contributed by atoms with E-state index >= 15 is 0 Å². The second kappa shape index (κ2) is 6.18. The lowest BCUT2D eigenvalue weighted by molar-refractivity contribution is -0.897. The summed E-state index contributed by atoms with van der Waals surface area (Å²) >= 11 is 0. The van der Waals surface area contributed by atoms with E-state index in [-0.39, 0.29) is 33.8 Å². The minimum Gasteiger partial charge on any atom is -0.633 e. The highest BCUT2D eigenvalue weighted by Crippen LogP contribution is 2.47. The van der Waals surface area contributed by atoms with Crippen molar-refractivity contribution >= 4 is 10.9 Å². The van der Waals surface area contributed by atoms with E-state index in [1.54, 1.807) is 7.05 Å². The maximum absolute atomic E-state index is 13.5. The summed E-state index contributed by atoms with van der Waals surface area (Å²) < 4.78 is 1.28. The second-order valence-electron chi connectivity index (χ2n) is 8.51. The molecule has 1 unspecified atom stereocenters. The third-order valence-corrected chi connectivity index (χ3v) is 6.70. The molecule has 1 aliphatic heterocycles. The molecule has 28 heavy (non-hydrogen) atoms. The van der Waals surface area contributed by atoms with Crippen LogP contribution in [-0.4, -0.2) is 38.8 Å². The van der Waals surface area contributed by atoms with Gasteiger partial charge in [0.05, 0.1) is 19.6 Å². The quantitative estimate of drug-likeness (QED) is 0.538. The minimum absolute atomic E-state index is 0.0425. The van der Waals surface area contributed by atoms with Gasteiger partial charge in [0.1, 0.15) is 0 Å². The van der Waals surface area contributed by atoms with Gasteiger partial charge < -0.3 is 19.4 Å². The molecular weight excluding hydrogens is 356 g/mol. The number of aryl methyl sites for hydroxylation is 1. The molecular formula is C21H24N4O3. The molecule has 1 aliphatic carbocycles. The van der Waals surface area contributed by atoms with E-state index in [4.69, 9.17) is 0 Å². The van der Waals surface area contributed by atoms with Crippen molar-refractivity contribution in [3.63, 3.8) is 0 Å². The molecule has 0 radical (unpaired) electrons. The molecule has 7 heteroatoms. The highest BCUT2D eigenvalue weighted by atomic mass is 16.5. The third kappa shape index (κ3) is 2.73. The van der Waals surface area contributed by atoms with Crippen molar-refractivity contribution in [3.05, 3.63) is 73.8 Å². The summed E-state index contributed by atoms with van der Waals surface area (Å²) in [6.07, 6.45) is 6.11. The first-order valence-corrected chi connectivity index (χ1v) is 9.87. The summed E-state index contributed by atoms with van der Waals surface area (Å²) in [6.45, 7) is 1.08. The molecule has 146 valence electrons. The number of fused-ring (bicyclic) bond motifs is 2. The number of likely N-dealkylation sites (tertiary alicyclic amines) is 1. The highest BCUT2D eigenvalue weighted by Gasteiger charge is 2.45. The van der Waals surface area contributed by atoms with Crippen molar-refractivity contribution in [1.29, 1.82) is 0 Å². The summed E-state index contributed by atoms with van der Waals surface area (Å²) in [5.74, 6) is 0.471. The fourth-order valence-corrected chi connectivity index (χ4v) is 5.42. The van der Waals surface area contributed by atoms with Gasteiger partial charge in [0.2, 0.25) is 0 Å². The number of benzene rings is 1. The fourth-order valence-electron chi connectivity index (χ4n) is 5.42. The Kier molecular flexibility index (Phi) is 3.86. The zero-order chi connectivity index (χ0) is 19.5. The first kappa shape index (κ1) is 17.5. The number of piperidine rings is 1. The van der Waals surface area contributed by atoms with Crippen LogP contribution in [0.15, 0.2) is 46.2 Å². The van der Waals surface area contributed by atoms with E-state index in [9.17, 15) is 14.8 Å². The number of rotatable bonds is 3. The molecule has 0 spiro atoms. The first-order valence-electron chi connectivity index (χ1n) is 9.87. The lowest BCUT2D eigenvalue weighted by atomic mass is 9.71. The Morgan fingerprint density at radius 2 is 2.14 bits per heavy atom. The van der Waals surface area contributed by atoms with Crippen molar-refractivity contribution < 1.29 is 4.65 Å². The zero-order valence-corrected chi connectivity index (χ0v) is 15.9. The number of nitrogens with one attached hydrogen (secondary N) is 2. The van der Waals surface area contributed by atoms with Crippen LogP contribution in [0.3, 0.4) is 0 Å². The highest BCUT2D eigenvalue weighted by molar-refractivity contribution is 5.88. The number of H-pyrrole nitrogens is 2. The van der Waals surface area contributed by atoms with Crippen LogP contribution in [0.2, 0.25) is 0 Å². The third-order valence-electron chi connectivity index (χ3n) is 6.70. The van der Waals surface area contributed by atoms with Gasteiger partial charge in [0.15, 0.2) is 0 Å². The van der Waals surface area contributed by atoms with Crippen LogP contribution in [0.4, 0.5) is 0 Å². The molecule has 7 nitrogen and oxygen atoms in total. The zero-order valence-electron chi connectivity index (χ0n) is 15.9. The van der Waals surface area contributed by atoms with Gasteiger partial charge in [0, 0.05) is 54.2 Å². The molecule has 2 N–H and O–H groups in total. The van der Waals surface area contributed by atoms with E-state index in [0.717, 1.165) is 24.8 Å². The number of aromatic amines is 2. The van der Waals surface area contributed by atoms with E-state index in [1.807, 2.05) is 0 Å². The van der Waals surface area contributed by atoms with Crippen LogP contribution in [-0.2, 0) is 13.0 Å². The molecule has 1 aromatic carbocycles. The SMILES string of the molecule is C[N+]1([O-])C[C@H](CCn2ccc(=O)[nH]c2=O)C[C@@H]2c3cccc4[nH]cc(c34)C[C@H]21. The van der Waals surface area contributed by atoms with Crippen molar-refractivity contribution in [3.8, 4) is 0 Å². The minimum atomic E-state index is -0.389. The maximum Gasteiger partial charge on any atom is 0.328 e. The van der Waals surface area contributed by atoms with Crippen molar-refractivity contribution in [1.82, 2.24) is 14.5 Å². The number of hydroxylamine groups is 3. The van der Waals surface area contributed by atoms with E-state index in [0.29, 0.717) is 13.1 Å². The van der Waals surface area contributed by atoms with Crippen LogP contribution < -0.4 is 11.2 Å². The van der Waals surface area contributed by atoms with Gasteiger partial charge in [-0.3, -0.25) is 9.78 Å². The standard InChI is InChI=1S/C21H24N4O3/c1-25(28)12-13(5-7-24-8-6-19(26)23-21(24)27)9-16-15-3-2-4-17-20(15)14(11-22-17)10-18(16)25/h2-4,6,8,11,13,16,18,22H,5,7,9-10,12H2,1H3,(H,23,26,27)/t13-,16-,18-,25?/m1/s1. The summed E-state index contributed by atoms with van der Waals surface area (Å²) in [6, 6.07) is 7.74. The molecule has 1 saturated heterocycles. The van der Waals surface area contributed by atoms with Gasteiger partial charge in [0.25, 0.3) is 5.56 Å². The molecule has 1 fully saturated rings. The predicted molar refractivity (Wildman–Crippen MR) is 107 cm³/mol.